The Morgan fingerprint density at radius 2 is 2.21 bits per heavy atom. The number of halogens is 1. The van der Waals surface area contributed by atoms with E-state index in [0.717, 1.165) is 18.5 Å². The van der Waals surface area contributed by atoms with Gasteiger partial charge in [-0.05, 0) is 24.7 Å². The van der Waals surface area contributed by atoms with Gasteiger partial charge in [0, 0.05) is 19.1 Å². The van der Waals surface area contributed by atoms with E-state index in [9.17, 15) is 0 Å². The van der Waals surface area contributed by atoms with Crippen LogP contribution in [-0.4, -0.2) is 20.9 Å². The fourth-order valence-electron chi connectivity index (χ4n) is 1.65. The minimum atomic E-state index is 0.522. The molecular weight excluding hydrogens is 198 g/mol. The zero-order chi connectivity index (χ0) is 10.6. The van der Waals surface area contributed by atoms with E-state index in [2.05, 4.69) is 24.2 Å². The lowest BCUT2D eigenvalue weighted by Gasteiger charge is -2.14. The Bertz CT molecular complexity index is 270. The van der Waals surface area contributed by atoms with Gasteiger partial charge in [-0.3, -0.25) is 4.68 Å². The highest BCUT2D eigenvalue weighted by molar-refractivity contribution is 6.18. The highest BCUT2D eigenvalue weighted by Gasteiger charge is 2.12. The van der Waals surface area contributed by atoms with Crippen LogP contribution >= 0.6 is 11.6 Å². The van der Waals surface area contributed by atoms with Crippen LogP contribution < -0.4 is 0 Å². The summed E-state index contributed by atoms with van der Waals surface area (Å²) in [5.74, 6) is 1.91. The molecule has 0 aliphatic heterocycles. The van der Waals surface area contributed by atoms with E-state index in [4.69, 9.17) is 11.6 Å². The van der Waals surface area contributed by atoms with Crippen molar-refractivity contribution in [1.82, 2.24) is 15.0 Å². The van der Waals surface area contributed by atoms with Crippen molar-refractivity contribution in [3.63, 3.8) is 0 Å². The van der Waals surface area contributed by atoms with Crippen LogP contribution in [0, 0.1) is 11.8 Å². The summed E-state index contributed by atoms with van der Waals surface area (Å²) in [6, 6.07) is 0. The Morgan fingerprint density at radius 1 is 1.50 bits per heavy atom. The SMILES string of the molecule is CC(C)CC(CCl)Cc1cn(C)nn1. The van der Waals surface area contributed by atoms with E-state index in [0.29, 0.717) is 17.7 Å². The predicted octanol–water partition coefficient (Wildman–Crippen LogP) is 2.26. The summed E-state index contributed by atoms with van der Waals surface area (Å²) in [4.78, 5) is 0. The lowest BCUT2D eigenvalue weighted by Crippen LogP contribution is -2.10. The molecule has 80 valence electrons. The van der Waals surface area contributed by atoms with E-state index in [1.807, 2.05) is 13.2 Å². The summed E-state index contributed by atoms with van der Waals surface area (Å²) in [6.45, 7) is 4.44. The molecule has 1 heterocycles. The molecule has 0 amide bonds. The first kappa shape index (κ1) is 11.5. The highest BCUT2D eigenvalue weighted by atomic mass is 35.5. The third-order valence-electron chi connectivity index (χ3n) is 2.17. The maximum Gasteiger partial charge on any atom is 0.0830 e. The molecule has 0 fully saturated rings. The molecule has 0 aliphatic rings. The molecule has 1 rings (SSSR count). The first-order chi connectivity index (χ1) is 6.61. The van der Waals surface area contributed by atoms with Crippen molar-refractivity contribution in [3.05, 3.63) is 11.9 Å². The zero-order valence-corrected chi connectivity index (χ0v) is 9.83. The molecular formula is C10H18ClN3. The van der Waals surface area contributed by atoms with Gasteiger partial charge in [0.2, 0.25) is 0 Å². The van der Waals surface area contributed by atoms with Gasteiger partial charge in [-0.15, -0.1) is 16.7 Å². The van der Waals surface area contributed by atoms with Crippen molar-refractivity contribution in [2.45, 2.75) is 26.7 Å². The Morgan fingerprint density at radius 3 is 2.64 bits per heavy atom. The molecule has 1 aromatic rings. The first-order valence-corrected chi connectivity index (χ1v) is 5.56. The van der Waals surface area contributed by atoms with Gasteiger partial charge >= 0.3 is 0 Å². The van der Waals surface area contributed by atoms with Gasteiger partial charge in [0.05, 0.1) is 5.69 Å². The summed E-state index contributed by atoms with van der Waals surface area (Å²) >= 11 is 5.91. The second kappa shape index (κ2) is 5.35. The Hall–Kier alpha value is -0.570. The van der Waals surface area contributed by atoms with E-state index in [-0.39, 0.29) is 0 Å². The molecule has 4 heteroatoms. The number of hydrogen-bond donors (Lipinski definition) is 0. The number of rotatable bonds is 5. The Labute approximate surface area is 90.4 Å². The quantitative estimate of drug-likeness (QED) is 0.706. The zero-order valence-electron chi connectivity index (χ0n) is 9.07. The summed E-state index contributed by atoms with van der Waals surface area (Å²) in [7, 11) is 1.88. The summed E-state index contributed by atoms with van der Waals surface area (Å²) in [5.41, 5.74) is 1.04. The van der Waals surface area contributed by atoms with Crippen LogP contribution in [0.2, 0.25) is 0 Å². The molecule has 0 saturated carbocycles. The Balaban J connectivity index is 2.48. The number of nitrogens with zero attached hydrogens (tertiary/aromatic N) is 3. The number of alkyl halides is 1. The monoisotopic (exact) mass is 215 g/mol. The van der Waals surface area contributed by atoms with E-state index in [1.54, 1.807) is 4.68 Å². The van der Waals surface area contributed by atoms with Gasteiger partial charge in [0.15, 0.2) is 0 Å². The molecule has 0 N–H and O–H groups in total. The van der Waals surface area contributed by atoms with Crippen LogP contribution in [0.25, 0.3) is 0 Å². The van der Waals surface area contributed by atoms with Gasteiger partial charge in [-0.2, -0.15) is 0 Å². The summed E-state index contributed by atoms with van der Waals surface area (Å²) < 4.78 is 1.73. The summed E-state index contributed by atoms with van der Waals surface area (Å²) in [6.07, 6.45) is 4.05. The second-order valence-corrected chi connectivity index (χ2v) is 4.55. The van der Waals surface area contributed by atoms with Crippen LogP contribution in [0.15, 0.2) is 6.20 Å². The van der Waals surface area contributed by atoms with Crippen LogP contribution in [-0.2, 0) is 13.5 Å². The average molecular weight is 216 g/mol. The van der Waals surface area contributed by atoms with Crippen LogP contribution in [0.4, 0.5) is 0 Å². The maximum atomic E-state index is 5.91. The van der Waals surface area contributed by atoms with Crippen molar-refractivity contribution in [2.24, 2.45) is 18.9 Å². The predicted molar refractivity (Wildman–Crippen MR) is 58.4 cm³/mol. The minimum Gasteiger partial charge on any atom is -0.255 e. The number of hydrogen-bond acceptors (Lipinski definition) is 2. The minimum absolute atomic E-state index is 0.522. The fourth-order valence-corrected chi connectivity index (χ4v) is 1.89. The van der Waals surface area contributed by atoms with Crippen LogP contribution in [0.1, 0.15) is 26.0 Å². The fraction of sp³-hybridized carbons (Fsp3) is 0.800. The van der Waals surface area contributed by atoms with Gasteiger partial charge in [0.1, 0.15) is 0 Å². The van der Waals surface area contributed by atoms with E-state index >= 15 is 0 Å². The van der Waals surface area contributed by atoms with Crippen molar-refractivity contribution in [2.75, 3.05) is 5.88 Å². The van der Waals surface area contributed by atoms with Gasteiger partial charge in [0.25, 0.3) is 0 Å². The lowest BCUT2D eigenvalue weighted by atomic mass is 9.95. The van der Waals surface area contributed by atoms with Gasteiger partial charge in [-0.25, -0.2) is 0 Å². The largest absolute Gasteiger partial charge is 0.255 e. The molecule has 14 heavy (non-hydrogen) atoms. The normalized spacial score (nSPS) is 13.5. The third kappa shape index (κ3) is 3.66. The van der Waals surface area contributed by atoms with E-state index < -0.39 is 0 Å². The molecule has 0 bridgehead atoms. The smallest absolute Gasteiger partial charge is 0.0830 e. The molecule has 0 saturated heterocycles. The molecule has 1 unspecified atom stereocenters. The molecule has 0 aromatic carbocycles. The molecule has 3 nitrogen and oxygen atoms in total. The lowest BCUT2D eigenvalue weighted by molar-refractivity contribution is 0.438. The number of aryl methyl sites for hydroxylation is 1. The average Bonchev–Trinajstić information content (AvgIpc) is 2.49. The van der Waals surface area contributed by atoms with Crippen molar-refractivity contribution >= 4 is 11.6 Å². The van der Waals surface area contributed by atoms with Gasteiger partial charge < -0.3 is 0 Å². The molecule has 1 atom stereocenters. The van der Waals surface area contributed by atoms with Crippen molar-refractivity contribution < 1.29 is 0 Å². The topological polar surface area (TPSA) is 30.7 Å². The maximum absolute atomic E-state index is 5.91. The van der Waals surface area contributed by atoms with Crippen molar-refractivity contribution in [1.29, 1.82) is 0 Å². The highest BCUT2D eigenvalue weighted by Crippen LogP contribution is 2.17. The van der Waals surface area contributed by atoms with E-state index in [1.165, 1.54) is 0 Å². The standard InChI is InChI=1S/C10H18ClN3/c1-8(2)4-9(6-11)5-10-7-14(3)13-12-10/h7-9H,4-6H2,1-3H3. The van der Waals surface area contributed by atoms with Crippen LogP contribution in [0.5, 0.6) is 0 Å². The van der Waals surface area contributed by atoms with Crippen molar-refractivity contribution in [3.8, 4) is 0 Å². The summed E-state index contributed by atoms with van der Waals surface area (Å²) in [5, 5.41) is 7.97. The molecule has 0 aliphatic carbocycles. The first-order valence-electron chi connectivity index (χ1n) is 5.03. The third-order valence-corrected chi connectivity index (χ3v) is 2.61. The molecule has 0 spiro atoms. The van der Waals surface area contributed by atoms with Gasteiger partial charge in [-0.1, -0.05) is 19.1 Å². The second-order valence-electron chi connectivity index (χ2n) is 4.24. The van der Waals surface area contributed by atoms with Crippen LogP contribution in [0.3, 0.4) is 0 Å². The Kier molecular flexibility index (Phi) is 4.39. The number of aromatic nitrogens is 3. The molecule has 1 aromatic heterocycles. The molecule has 0 radical (unpaired) electrons.